The molecule has 1 saturated heterocycles. The second-order valence-corrected chi connectivity index (χ2v) is 4.36. The molecule has 2 rings (SSSR count). The number of benzene rings is 1. The van der Waals surface area contributed by atoms with Gasteiger partial charge in [0.1, 0.15) is 5.82 Å². The van der Waals surface area contributed by atoms with Gasteiger partial charge in [-0.05, 0) is 13.0 Å². The van der Waals surface area contributed by atoms with Crippen LogP contribution in [0.5, 0.6) is 0 Å². The van der Waals surface area contributed by atoms with Crippen LogP contribution in [0.3, 0.4) is 0 Å². The number of hydrogen-bond donors (Lipinski definition) is 0. The Morgan fingerprint density at radius 1 is 1.44 bits per heavy atom. The van der Waals surface area contributed by atoms with Gasteiger partial charge in [0.05, 0.1) is 12.7 Å². The molecule has 3 heteroatoms. The molecule has 18 heavy (non-hydrogen) atoms. The Balaban J connectivity index is 1.97. The van der Waals surface area contributed by atoms with Crippen LogP contribution in [0.1, 0.15) is 25.0 Å². The first kappa shape index (κ1) is 13.1. The van der Waals surface area contributed by atoms with Crippen LogP contribution in [0.2, 0.25) is 0 Å². The lowest BCUT2D eigenvalue weighted by Crippen LogP contribution is -2.39. The van der Waals surface area contributed by atoms with E-state index < -0.39 is 0 Å². The minimum absolute atomic E-state index is 0.158. The van der Waals surface area contributed by atoms with E-state index in [9.17, 15) is 4.39 Å². The zero-order valence-corrected chi connectivity index (χ0v) is 10.7. The largest absolute Gasteiger partial charge is 0.371 e. The highest BCUT2D eigenvalue weighted by molar-refractivity contribution is 5.20. The average molecular weight is 247 g/mol. The zero-order valence-electron chi connectivity index (χ0n) is 10.7. The molecule has 0 amide bonds. The molecule has 2 nitrogen and oxygen atoms in total. The van der Waals surface area contributed by atoms with Gasteiger partial charge in [0, 0.05) is 31.6 Å². The van der Waals surface area contributed by atoms with Crippen LogP contribution >= 0.6 is 0 Å². The van der Waals surface area contributed by atoms with Crippen molar-refractivity contribution in [3.8, 4) is 11.8 Å². The third kappa shape index (κ3) is 3.32. The van der Waals surface area contributed by atoms with Gasteiger partial charge in [-0.3, -0.25) is 4.90 Å². The molecule has 0 aliphatic carbocycles. The lowest BCUT2D eigenvalue weighted by atomic mass is 10.1. The molecule has 1 aliphatic heterocycles. The minimum Gasteiger partial charge on any atom is -0.371 e. The summed E-state index contributed by atoms with van der Waals surface area (Å²) in [5, 5.41) is 0. The van der Waals surface area contributed by atoms with Crippen molar-refractivity contribution in [2.24, 2.45) is 0 Å². The van der Waals surface area contributed by atoms with E-state index in [0.29, 0.717) is 12.2 Å². The third-order valence-corrected chi connectivity index (χ3v) is 3.13. The van der Waals surface area contributed by atoms with Crippen molar-refractivity contribution in [1.82, 2.24) is 4.90 Å². The molecular weight excluding hydrogens is 229 g/mol. The summed E-state index contributed by atoms with van der Waals surface area (Å²) in [6, 6.07) is 6.84. The van der Waals surface area contributed by atoms with Crippen molar-refractivity contribution < 1.29 is 9.13 Å². The summed E-state index contributed by atoms with van der Waals surface area (Å²) in [6.07, 6.45) is 0.704. The van der Waals surface area contributed by atoms with Crippen LogP contribution < -0.4 is 0 Å². The Kier molecular flexibility index (Phi) is 4.74. The van der Waals surface area contributed by atoms with Crippen LogP contribution in [-0.2, 0) is 4.74 Å². The number of ether oxygens (including phenoxy) is 1. The van der Waals surface area contributed by atoms with E-state index in [0.717, 1.165) is 26.1 Å². The fourth-order valence-corrected chi connectivity index (χ4v) is 2.17. The molecule has 0 unspecified atom stereocenters. The molecule has 0 saturated carbocycles. The SMILES string of the molecule is CC#CCCN1CCO[C@H](c2ccccc2F)C1. The highest BCUT2D eigenvalue weighted by atomic mass is 19.1. The van der Waals surface area contributed by atoms with Crippen LogP contribution in [-0.4, -0.2) is 31.1 Å². The Morgan fingerprint density at radius 2 is 2.28 bits per heavy atom. The summed E-state index contributed by atoms with van der Waals surface area (Å²) in [4.78, 5) is 2.28. The van der Waals surface area contributed by atoms with Crippen molar-refractivity contribution in [2.45, 2.75) is 19.4 Å². The molecule has 0 radical (unpaired) electrons. The van der Waals surface area contributed by atoms with Gasteiger partial charge in [-0.1, -0.05) is 18.2 Å². The van der Waals surface area contributed by atoms with Gasteiger partial charge < -0.3 is 4.74 Å². The predicted octanol–water partition coefficient (Wildman–Crippen LogP) is 2.61. The van der Waals surface area contributed by atoms with Gasteiger partial charge in [0.2, 0.25) is 0 Å². The van der Waals surface area contributed by atoms with Crippen molar-refractivity contribution >= 4 is 0 Å². The summed E-state index contributed by atoms with van der Waals surface area (Å²) in [5.74, 6) is 5.76. The molecule has 1 atom stereocenters. The highest BCUT2D eigenvalue weighted by Gasteiger charge is 2.23. The van der Waals surface area contributed by atoms with Crippen molar-refractivity contribution in [2.75, 3.05) is 26.2 Å². The van der Waals surface area contributed by atoms with E-state index in [4.69, 9.17) is 4.74 Å². The first-order valence-corrected chi connectivity index (χ1v) is 6.29. The fraction of sp³-hybridized carbons (Fsp3) is 0.467. The van der Waals surface area contributed by atoms with Gasteiger partial charge in [-0.25, -0.2) is 4.39 Å². The Hall–Kier alpha value is -1.37. The van der Waals surface area contributed by atoms with Gasteiger partial charge in [-0.2, -0.15) is 0 Å². The summed E-state index contributed by atoms with van der Waals surface area (Å²) in [7, 11) is 0. The number of hydrogen-bond acceptors (Lipinski definition) is 2. The lowest BCUT2D eigenvalue weighted by Gasteiger charge is -2.32. The molecule has 96 valence electrons. The van der Waals surface area contributed by atoms with Gasteiger partial charge in [0.25, 0.3) is 0 Å². The monoisotopic (exact) mass is 247 g/mol. The first-order valence-electron chi connectivity index (χ1n) is 6.29. The Bertz CT molecular complexity index is 449. The molecule has 0 bridgehead atoms. The zero-order chi connectivity index (χ0) is 12.8. The summed E-state index contributed by atoms with van der Waals surface area (Å²) >= 11 is 0. The van der Waals surface area contributed by atoms with E-state index in [1.165, 1.54) is 6.07 Å². The van der Waals surface area contributed by atoms with Crippen LogP contribution in [0.4, 0.5) is 4.39 Å². The maximum atomic E-state index is 13.7. The van der Waals surface area contributed by atoms with Crippen molar-refractivity contribution in [3.05, 3.63) is 35.6 Å². The number of morpholine rings is 1. The quantitative estimate of drug-likeness (QED) is 0.761. The topological polar surface area (TPSA) is 12.5 Å². The molecular formula is C15H18FNO. The van der Waals surface area contributed by atoms with Crippen LogP contribution in [0.25, 0.3) is 0 Å². The van der Waals surface area contributed by atoms with Gasteiger partial charge >= 0.3 is 0 Å². The van der Waals surface area contributed by atoms with Gasteiger partial charge in [-0.15, -0.1) is 11.8 Å². The van der Waals surface area contributed by atoms with Gasteiger partial charge in [0.15, 0.2) is 0 Å². The standard InChI is InChI=1S/C15H18FNO/c1-2-3-6-9-17-10-11-18-15(12-17)13-7-4-5-8-14(13)16/h4-5,7-8,15H,6,9-12H2,1H3/t15-/m0/s1. The highest BCUT2D eigenvalue weighted by Crippen LogP contribution is 2.24. The first-order chi connectivity index (χ1) is 8.81. The number of rotatable bonds is 3. The van der Waals surface area contributed by atoms with Crippen LogP contribution in [0, 0.1) is 17.7 Å². The average Bonchev–Trinajstić information content (AvgIpc) is 2.40. The predicted molar refractivity (Wildman–Crippen MR) is 69.6 cm³/mol. The third-order valence-electron chi connectivity index (χ3n) is 3.13. The molecule has 0 spiro atoms. The summed E-state index contributed by atoms with van der Waals surface area (Å²) in [5.41, 5.74) is 0.656. The Morgan fingerprint density at radius 3 is 3.06 bits per heavy atom. The molecule has 0 N–H and O–H groups in total. The molecule has 1 fully saturated rings. The second-order valence-electron chi connectivity index (χ2n) is 4.36. The molecule has 0 aromatic heterocycles. The van der Waals surface area contributed by atoms with Crippen molar-refractivity contribution in [1.29, 1.82) is 0 Å². The second kappa shape index (κ2) is 6.53. The van der Waals surface area contributed by atoms with E-state index >= 15 is 0 Å². The van der Waals surface area contributed by atoms with E-state index in [1.807, 2.05) is 13.0 Å². The fourth-order valence-electron chi connectivity index (χ4n) is 2.17. The summed E-state index contributed by atoms with van der Waals surface area (Å²) in [6.45, 7) is 5.07. The minimum atomic E-state index is -0.183. The Labute approximate surface area is 108 Å². The molecule has 1 aromatic rings. The lowest BCUT2D eigenvalue weighted by molar-refractivity contribution is -0.0307. The van der Waals surface area contributed by atoms with E-state index in [-0.39, 0.29) is 11.9 Å². The maximum Gasteiger partial charge on any atom is 0.129 e. The maximum absolute atomic E-state index is 13.7. The number of halogens is 1. The molecule has 1 heterocycles. The summed E-state index contributed by atoms with van der Waals surface area (Å²) < 4.78 is 19.4. The van der Waals surface area contributed by atoms with E-state index in [1.54, 1.807) is 12.1 Å². The van der Waals surface area contributed by atoms with E-state index in [2.05, 4.69) is 16.7 Å². The normalized spacial score (nSPS) is 20.2. The molecule has 1 aromatic carbocycles. The van der Waals surface area contributed by atoms with Crippen molar-refractivity contribution in [3.63, 3.8) is 0 Å². The molecule has 1 aliphatic rings. The number of nitrogens with zero attached hydrogens (tertiary/aromatic N) is 1. The smallest absolute Gasteiger partial charge is 0.129 e. The van der Waals surface area contributed by atoms with Crippen LogP contribution in [0.15, 0.2) is 24.3 Å².